The highest BCUT2D eigenvalue weighted by Gasteiger charge is 2.15. The van der Waals surface area contributed by atoms with Crippen molar-refractivity contribution in [2.45, 2.75) is 53.5 Å². The van der Waals surface area contributed by atoms with Crippen LogP contribution in [0.5, 0.6) is 0 Å². The molecule has 0 bridgehead atoms. The van der Waals surface area contributed by atoms with Crippen molar-refractivity contribution < 1.29 is 4.21 Å². The third kappa shape index (κ3) is 7.23. The van der Waals surface area contributed by atoms with Crippen molar-refractivity contribution in [3.63, 3.8) is 0 Å². The lowest BCUT2D eigenvalue weighted by atomic mass is 10.0. The Balaban J connectivity index is 2.77. The lowest BCUT2D eigenvalue weighted by molar-refractivity contribution is 0.566. The molecule has 0 saturated heterocycles. The van der Waals surface area contributed by atoms with Gasteiger partial charge >= 0.3 is 0 Å². The third-order valence-electron chi connectivity index (χ3n) is 3.56. The second kappa shape index (κ2) is 9.37. The fraction of sp³-hybridized carbons (Fsp3) is 0.667. The molecule has 0 fully saturated rings. The molecule has 21 heavy (non-hydrogen) atoms. The number of rotatable bonds is 9. The van der Waals surface area contributed by atoms with Crippen LogP contribution in [-0.4, -0.2) is 22.3 Å². The number of aryl methyl sites for hydroxylation is 2. The first-order valence-electron chi connectivity index (χ1n) is 8.09. The number of nitrogens with one attached hydrogen (secondary N) is 1. The molecule has 1 aromatic rings. The van der Waals surface area contributed by atoms with Crippen molar-refractivity contribution in [3.8, 4) is 0 Å². The third-order valence-corrected chi connectivity index (χ3v) is 4.96. The molecule has 1 aromatic carbocycles. The molecule has 1 rings (SSSR count). The van der Waals surface area contributed by atoms with Crippen molar-refractivity contribution in [2.24, 2.45) is 5.92 Å². The maximum atomic E-state index is 12.3. The molecule has 0 aliphatic carbocycles. The summed E-state index contributed by atoms with van der Waals surface area (Å²) < 4.78 is 12.3. The van der Waals surface area contributed by atoms with Crippen LogP contribution in [0.25, 0.3) is 0 Å². The Kier molecular flexibility index (Phi) is 8.20. The Morgan fingerprint density at radius 3 is 2.29 bits per heavy atom. The minimum Gasteiger partial charge on any atom is -0.309 e. The standard InChI is InChI=1S/C18H31NOS/c1-6-8-19-18(13-21(20)9-7-14(2)3)17-11-15(4)10-16(5)12-17/h10-12,14,18-19H,6-9,13H2,1-5H3. The van der Waals surface area contributed by atoms with Crippen LogP contribution in [0.3, 0.4) is 0 Å². The summed E-state index contributed by atoms with van der Waals surface area (Å²) in [6.07, 6.45) is 2.14. The zero-order valence-electron chi connectivity index (χ0n) is 14.2. The van der Waals surface area contributed by atoms with Crippen molar-refractivity contribution >= 4 is 10.8 Å². The van der Waals surface area contributed by atoms with E-state index in [9.17, 15) is 4.21 Å². The second-order valence-electron chi connectivity index (χ2n) is 6.42. The quantitative estimate of drug-likeness (QED) is 0.743. The van der Waals surface area contributed by atoms with Crippen LogP contribution in [-0.2, 0) is 10.8 Å². The Bertz CT molecular complexity index is 436. The van der Waals surface area contributed by atoms with Crippen molar-refractivity contribution in [1.82, 2.24) is 5.32 Å². The molecule has 0 amide bonds. The molecular formula is C18H31NOS. The molecule has 0 saturated carbocycles. The molecule has 2 unspecified atom stereocenters. The summed E-state index contributed by atoms with van der Waals surface area (Å²) in [5, 5.41) is 3.57. The Morgan fingerprint density at radius 1 is 1.14 bits per heavy atom. The molecule has 2 nitrogen and oxygen atoms in total. The molecule has 0 spiro atoms. The van der Waals surface area contributed by atoms with Gasteiger partial charge in [0.15, 0.2) is 0 Å². The van der Waals surface area contributed by atoms with Gasteiger partial charge in [-0.15, -0.1) is 0 Å². The summed E-state index contributed by atoms with van der Waals surface area (Å²) in [7, 11) is -0.750. The second-order valence-corrected chi connectivity index (χ2v) is 8.04. The van der Waals surface area contributed by atoms with Crippen molar-refractivity contribution in [3.05, 3.63) is 34.9 Å². The first-order valence-corrected chi connectivity index (χ1v) is 9.57. The van der Waals surface area contributed by atoms with Gasteiger partial charge in [0.2, 0.25) is 0 Å². The van der Waals surface area contributed by atoms with Crippen LogP contribution in [0.1, 0.15) is 56.3 Å². The summed E-state index contributed by atoms with van der Waals surface area (Å²) in [5.41, 5.74) is 3.83. The molecule has 0 radical (unpaired) electrons. The van der Waals surface area contributed by atoms with Gasteiger partial charge in [0.05, 0.1) is 0 Å². The van der Waals surface area contributed by atoms with Crippen LogP contribution in [0.15, 0.2) is 18.2 Å². The largest absolute Gasteiger partial charge is 0.309 e. The number of benzene rings is 1. The summed E-state index contributed by atoms with van der Waals surface area (Å²) >= 11 is 0. The van der Waals surface area contributed by atoms with Gasteiger partial charge in [0.1, 0.15) is 0 Å². The van der Waals surface area contributed by atoms with E-state index in [2.05, 4.69) is 58.1 Å². The Hall–Kier alpha value is -0.670. The van der Waals surface area contributed by atoms with E-state index >= 15 is 0 Å². The molecular weight excluding hydrogens is 278 g/mol. The first kappa shape index (κ1) is 18.4. The zero-order chi connectivity index (χ0) is 15.8. The maximum Gasteiger partial charge on any atom is 0.0437 e. The molecule has 0 aromatic heterocycles. The molecule has 3 heteroatoms. The monoisotopic (exact) mass is 309 g/mol. The van der Waals surface area contributed by atoms with E-state index in [0.717, 1.165) is 30.9 Å². The van der Waals surface area contributed by atoms with Crippen molar-refractivity contribution in [2.75, 3.05) is 18.1 Å². The van der Waals surface area contributed by atoms with Gasteiger partial charge in [-0.05, 0) is 44.7 Å². The van der Waals surface area contributed by atoms with Crippen molar-refractivity contribution in [1.29, 1.82) is 0 Å². The fourth-order valence-corrected chi connectivity index (χ4v) is 4.02. The predicted molar refractivity (Wildman–Crippen MR) is 94.3 cm³/mol. The smallest absolute Gasteiger partial charge is 0.0437 e. The summed E-state index contributed by atoms with van der Waals surface area (Å²) in [6, 6.07) is 6.84. The van der Waals surface area contributed by atoms with Gasteiger partial charge in [-0.3, -0.25) is 4.21 Å². The number of hydrogen-bond donors (Lipinski definition) is 1. The van der Waals surface area contributed by atoms with E-state index in [1.165, 1.54) is 16.7 Å². The molecule has 0 aliphatic heterocycles. The highest BCUT2D eigenvalue weighted by atomic mass is 32.2. The van der Waals surface area contributed by atoms with Crippen LogP contribution >= 0.6 is 0 Å². The van der Waals surface area contributed by atoms with Gasteiger partial charge in [-0.2, -0.15) is 0 Å². The number of hydrogen-bond acceptors (Lipinski definition) is 2. The van der Waals surface area contributed by atoms with E-state index in [1.54, 1.807) is 0 Å². The molecule has 2 atom stereocenters. The van der Waals surface area contributed by atoms with Crippen LogP contribution in [0.4, 0.5) is 0 Å². The van der Waals surface area contributed by atoms with E-state index < -0.39 is 10.8 Å². The van der Waals surface area contributed by atoms with Gasteiger partial charge in [-0.1, -0.05) is 50.1 Å². The van der Waals surface area contributed by atoms with Crippen LogP contribution in [0, 0.1) is 19.8 Å². The maximum absolute atomic E-state index is 12.3. The average Bonchev–Trinajstić information content (AvgIpc) is 2.40. The topological polar surface area (TPSA) is 29.1 Å². The van der Waals surface area contributed by atoms with E-state index in [4.69, 9.17) is 0 Å². The van der Waals surface area contributed by atoms with E-state index in [1.807, 2.05) is 0 Å². The highest BCUT2D eigenvalue weighted by molar-refractivity contribution is 7.85. The van der Waals surface area contributed by atoms with Crippen LogP contribution < -0.4 is 5.32 Å². The van der Waals surface area contributed by atoms with E-state index in [0.29, 0.717) is 5.92 Å². The Morgan fingerprint density at radius 2 is 1.76 bits per heavy atom. The zero-order valence-corrected chi connectivity index (χ0v) is 15.1. The molecule has 0 aliphatic rings. The summed E-state index contributed by atoms with van der Waals surface area (Å²) in [4.78, 5) is 0. The summed E-state index contributed by atoms with van der Waals surface area (Å²) in [5.74, 6) is 2.15. The lowest BCUT2D eigenvalue weighted by Gasteiger charge is -2.20. The predicted octanol–water partition coefficient (Wildman–Crippen LogP) is 4.14. The van der Waals surface area contributed by atoms with Crippen LogP contribution in [0.2, 0.25) is 0 Å². The average molecular weight is 310 g/mol. The van der Waals surface area contributed by atoms with Gasteiger partial charge in [0, 0.05) is 28.3 Å². The fourth-order valence-electron chi connectivity index (χ4n) is 2.44. The minimum absolute atomic E-state index is 0.205. The molecule has 1 N–H and O–H groups in total. The first-order chi connectivity index (χ1) is 9.92. The van der Waals surface area contributed by atoms with Gasteiger partial charge in [0.25, 0.3) is 0 Å². The lowest BCUT2D eigenvalue weighted by Crippen LogP contribution is -2.28. The normalized spacial score (nSPS) is 14.4. The highest BCUT2D eigenvalue weighted by Crippen LogP contribution is 2.19. The minimum atomic E-state index is -0.750. The molecule has 0 heterocycles. The molecule has 120 valence electrons. The van der Waals surface area contributed by atoms with E-state index in [-0.39, 0.29) is 6.04 Å². The Labute approximate surface area is 133 Å². The summed E-state index contributed by atoms with van der Waals surface area (Å²) in [6.45, 7) is 11.8. The van der Waals surface area contributed by atoms with Gasteiger partial charge in [-0.25, -0.2) is 0 Å². The van der Waals surface area contributed by atoms with Gasteiger partial charge < -0.3 is 5.32 Å². The SMILES string of the molecule is CCCNC(CS(=O)CCC(C)C)c1cc(C)cc(C)c1.